The van der Waals surface area contributed by atoms with E-state index < -0.39 is 12.6 Å². The molecule has 0 bridgehead atoms. The Labute approximate surface area is 124 Å². The number of hydrogen-bond acceptors (Lipinski definition) is 2. The number of halogens is 3. The smallest absolute Gasteiger partial charge is 0.389 e. The molecular weight excluding hydrogens is 279 g/mol. The Bertz CT molecular complexity index is 403. The molecule has 5 heteroatoms. The molecule has 0 amide bonds. The molecule has 0 aliphatic heterocycles. The highest BCUT2D eigenvalue weighted by atomic mass is 19.4. The first kappa shape index (κ1) is 17.8. The predicted molar refractivity (Wildman–Crippen MR) is 78.5 cm³/mol. The van der Waals surface area contributed by atoms with Gasteiger partial charge >= 0.3 is 6.18 Å². The fraction of sp³-hybridized carbons (Fsp3) is 0.625. The van der Waals surface area contributed by atoms with E-state index in [4.69, 9.17) is 4.74 Å². The first-order valence-electron chi connectivity index (χ1n) is 7.32. The second-order valence-corrected chi connectivity index (χ2v) is 5.31. The lowest BCUT2D eigenvalue weighted by Crippen LogP contribution is -2.30. The number of rotatable bonds is 8. The largest absolute Gasteiger partial charge is 0.497 e. The van der Waals surface area contributed by atoms with Crippen molar-refractivity contribution in [2.75, 3.05) is 7.11 Å². The van der Waals surface area contributed by atoms with Crippen LogP contribution in [-0.4, -0.2) is 19.3 Å². The van der Waals surface area contributed by atoms with Gasteiger partial charge in [0.05, 0.1) is 7.11 Å². The number of alkyl halides is 3. The van der Waals surface area contributed by atoms with Crippen molar-refractivity contribution in [2.24, 2.45) is 0 Å². The number of methoxy groups -OCH3 is 1. The molecule has 2 unspecified atom stereocenters. The van der Waals surface area contributed by atoms with Crippen molar-refractivity contribution in [3.63, 3.8) is 0 Å². The Balaban J connectivity index is 2.48. The zero-order valence-corrected chi connectivity index (χ0v) is 12.8. The van der Waals surface area contributed by atoms with Gasteiger partial charge in [0.25, 0.3) is 0 Å². The molecule has 1 N–H and O–H groups in total. The lowest BCUT2D eigenvalue weighted by atomic mass is 10.0. The Hall–Kier alpha value is -1.23. The van der Waals surface area contributed by atoms with Gasteiger partial charge in [-0.25, -0.2) is 0 Å². The van der Waals surface area contributed by atoms with E-state index in [0.29, 0.717) is 6.42 Å². The Kier molecular flexibility index (Phi) is 7.02. The summed E-state index contributed by atoms with van der Waals surface area (Å²) in [6.07, 6.45) is -3.20. The van der Waals surface area contributed by atoms with Gasteiger partial charge in [-0.2, -0.15) is 13.2 Å². The quantitative estimate of drug-likeness (QED) is 0.740. The molecule has 1 aromatic carbocycles. The van der Waals surface area contributed by atoms with Crippen molar-refractivity contribution in [1.29, 1.82) is 0 Å². The molecule has 0 aliphatic rings. The van der Waals surface area contributed by atoms with E-state index in [2.05, 4.69) is 12.2 Å². The molecule has 2 nitrogen and oxygen atoms in total. The highest BCUT2D eigenvalue weighted by molar-refractivity contribution is 5.29. The van der Waals surface area contributed by atoms with Gasteiger partial charge in [-0.3, -0.25) is 0 Å². The first-order valence-corrected chi connectivity index (χ1v) is 7.32. The van der Waals surface area contributed by atoms with E-state index >= 15 is 0 Å². The molecule has 2 atom stereocenters. The van der Waals surface area contributed by atoms with Gasteiger partial charge in [-0.1, -0.05) is 19.1 Å². The minimum atomic E-state index is -4.06. The highest BCUT2D eigenvalue weighted by Crippen LogP contribution is 2.24. The molecule has 1 rings (SSSR count). The molecule has 0 heterocycles. The van der Waals surface area contributed by atoms with Crippen LogP contribution in [0.2, 0.25) is 0 Å². The fourth-order valence-electron chi connectivity index (χ4n) is 2.32. The van der Waals surface area contributed by atoms with Crippen LogP contribution in [0.15, 0.2) is 24.3 Å². The van der Waals surface area contributed by atoms with Gasteiger partial charge in [0.15, 0.2) is 0 Å². The second kappa shape index (κ2) is 8.27. The molecule has 0 fully saturated rings. The molecule has 0 aliphatic carbocycles. The maximum atomic E-state index is 12.1. The summed E-state index contributed by atoms with van der Waals surface area (Å²) in [5.41, 5.74) is 1.13. The van der Waals surface area contributed by atoms with E-state index in [1.165, 1.54) is 0 Å². The summed E-state index contributed by atoms with van der Waals surface area (Å²) in [7, 11) is 1.62. The highest BCUT2D eigenvalue weighted by Gasteiger charge is 2.26. The average Bonchev–Trinajstić information content (AvgIpc) is 2.43. The van der Waals surface area contributed by atoms with Crippen LogP contribution in [0.1, 0.15) is 51.1 Å². The molecule has 0 spiro atoms. The van der Waals surface area contributed by atoms with Crippen LogP contribution < -0.4 is 10.1 Å². The summed E-state index contributed by atoms with van der Waals surface area (Å²) in [6, 6.07) is 7.98. The zero-order valence-electron chi connectivity index (χ0n) is 12.8. The summed E-state index contributed by atoms with van der Waals surface area (Å²) in [6.45, 7) is 3.99. The van der Waals surface area contributed by atoms with Crippen molar-refractivity contribution < 1.29 is 17.9 Å². The SMILES string of the molecule is CCC(NC(C)CCCC(F)(F)F)c1ccc(OC)cc1. The van der Waals surface area contributed by atoms with Crippen molar-refractivity contribution in [3.8, 4) is 5.75 Å². The van der Waals surface area contributed by atoms with E-state index in [1.54, 1.807) is 7.11 Å². The third kappa shape index (κ3) is 6.85. The molecule has 120 valence electrons. The number of hydrogen-bond donors (Lipinski definition) is 1. The van der Waals surface area contributed by atoms with Crippen molar-refractivity contribution >= 4 is 0 Å². The standard InChI is InChI=1S/C16H24F3NO/c1-4-15(13-7-9-14(21-3)10-8-13)20-12(2)6-5-11-16(17,18)19/h7-10,12,15,20H,4-6,11H2,1-3H3. The van der Waals surface area contributed by atoms with Crippen LogP contribution in [0.5, 0.6) is 5.75 Å². The molecule has 0 aromatic heterocycles. The van der Waals surface area contributed by atoms with Gasteiger partial charge in [0.1, 0.15) is 5.75 Å². The van der Waals surface area contributed by atoms with Crippen LogP contribution in [0, 0.1) is 0 Å². The van der Waals surface area contributed by atoms with Gasteiger partial charge in [-0.15, -0.1) is 0 Å². The second-order valence-electron chi connectivity index (χ2n) is 5.31. The predicted octanol–water partition coefficient (Wildman–Crippen LogP) is 4.86. The van der Waals surface area contributed by atoms with Gasteiger partial charge in [-0.05, 0) is 43.9 Å². The summed E-state index contributed by atoms with van der Waals surface area (Å²) in [5.74, 6) is 0.798. The fourth-order valence-corrected chi connectivity index (χ4v) is 2.32. The number of nitrogens with one attached hydrogen (secondary N) is 1. The molecular formula is C16H24F3NO. The lowest BCUT2D eigenvalue weighted by molar-refractivity contribution is -0.135. The van der Waals surface area contributed by atoms with Crippen LogP contribution in [-0.2, 0) is 0 Å². The summed E-state index contributed by atoms with van der Waals surface area (Å²) < 4.78 is 41.5. The summed E-state index contributed by atoms with van der Waals surface area (Å²) in [4.78, 5) is 0. The van der Waals surface area contributed by atoms with Crippen LogP contribution >= 0.6 is 0 Å². The third-order valence-corrected chi connectivity index (χ3v) is 3.51. The maximum Gasteiger partial charge on any atom is 0.389 e. The first-order chi connectivity index (χ1) is 9.85. The normalized spacial score (nSPS) is 14.8. The molecule has 0 radical (unpaired) electrons. The Morgan fingerprint density at radius 1 is 1.19 bits per heavy atom. The van der Waals surface area contributed by atoms with Crippen LogP contribution in [0.4, 0.5) is 13.2 Å². The topological polar surface area (TPSA) is 21.3 Å². The minimum absolute atomic E-state index is 0.0550. The van der Waals surface area contributed by atoms with Gasteiger partial charge < -0.3 is 10.1 Å². The molecule has 0 saturated heterocycles. The Morgan fingerprint density at radius 3 is 2.29 bits per heavy atom. The third-order valence-electron chi connectivity index (χ3n) is 3.51. The van der Waals surface area contributed by atoms with Crippen molar-refractivity contribution in [1.82, 2.24) is 5.32 Å². The van der Waals surface area contributed by atoms with Gasteiger partial charge in [0.2, 0.25) is 0 Å². The zero-order chi connectivity index (χ0) is 15.9. The number of ether oxygens (including phenoxy) is 1. The van der Waals surface area contributed by atoms with Gasteiger partial charge in [0, 0.05) is 18.5 Å². The van der Waals surface area contributed by atoms with Crippen LogP contribution in [0.25, 0.3) is 0 Å². The van der Waals surface area contributed by atoms with E-state index in [-0.39, 0.29) is 18.5 Å². The average molecular weight is 303 g/mol. The minimum Gasteiger partial charge on any atom is -0.497 e. The van der Waals surface area contributed by atoms with Crippen molar-refractivity contribution in [2.45, 2.75) is 57.8 Å². The monoisotopic (exact) mass is 303 g/mol. The van der Waals surface area contributed by atoms with E-state index in [1.807, 2.05) is 31.2 Å². The molecule has 1 aromatic rings. The van der Waals surface area contributed by atoms with E-state index in [9.17, 15) is 13.2 Å². The maximum absolute atomic E-state index is 12.1. The van der Waals surface area contributed by atoms with Crippen LogP contribution in [0.3, 0.4) is 0 Å². The summed E-state index contributed by atoms with van der Waals surface area (Å²) in [5, 5.41) is 3.40. The van der Waals surface area contributed by atoms with Crippen molar-refractivity contribution in [3.05, 3.63) is 29.8 Å². The van der Waals surface area contributed by atoms with E-state index in [0.717, 1.165) is 17.7 Å². The number of benzene rings is 1. The molecule has 21 heavy (non-hydrogen) atoms. The Morgan fingerprint density at radius 2 is 1.81 bits per heavy atom. The summed E-state index contributed by atoms with van der Waals surface area (Å²) >= 11 is 0. The molecule has 0 saturated carbocycles. The lowest BCUT2D eigenvalue weighted by Gasteiger charge is -2.23.